The average Bonchev–Trinajstić information content (AvgIpc) is 3.23. The van der Waals surface area contributed by atoms with Gasteiger partial charge in [0.2, 0.25) is 11.8 Å². The minimum atomic E-state index is -4.97. The number of amides is 6. The molecule has 0 bridgehead atoms. The van der Waals surface area contributed by atoms with Gasteiger partial charge in [0.25, 0.3) is 0 Å². The summed E-state index contributed by atoms with van der Waals surface area (Å²) < 4.78 is 105. The highest BCUT2D eigenvalue weighted by Gasteiger charge is 2.58. The molecule has 21 heteroatoms. The van der Waals surface area contributed by atoms with E-state index < -0.39 is 102 Å². The van der Waals surface area contributed by atoms with Gasteiger partial charge in [0.1, 0.15) is 17.9 Å². The Bertz CT molecular complexity index is 2130. The highest BCUT2D eigenvalue weighted by molar-refractivity contribution is 6.31. The molecule has 12 nitrogen and oxygen atoms in total. The van der Waals surface area contributed by atoms with Gasteiger partial charge in [-0.15, -0.1) is 0 Å². The third kappa shape index (κ3) is 11.1. The van der Waals surface area contributed by atoms with E-state index in [2.05, 4.69) is 0 Å². The van der Waals surface area contributed by atoms with Crippen LogP contribution in [0.15, 0.2) is 36.4 Å². The SMILES string of the molecule is CCOC(=O)[C@@H]1[C@@H](CCc2cc(Cl)cc(C3CCC([C@H](NC(=O)N4C(=O)[C@H](CCc5cccc(Cl)c5F)[C@H]4C(=O)O)C(F)(F)F)CC3)c2)C(=O)N1C(=O)N[C@@H](C1CCCCC1)C(F)(F)F. The quantitative estimate of drug-likeness (QED) is 0.0960. The highest BCUT2D eigenvalue weighted by Crippen LogP contribution is 2.43. The molecular weight excluding hydrogens is 916 g/mol. The molecule has 4 fully saturated rings. The van der Waals surface area contributed by atoms with E-state index in [0.717, 1.165) is 6.42 Å². The molecule has 6 rings (SSSR count). The average molecular weight is 966 g/mol. The van der Waals surface area contributed by atoms with Gasteiger partial charge in [-0.05, 0) is 124 Å². The first-order chi connectivity index (χ1) is 30.6. The van der Waals surface area contributed by atoms with Gasteiger partial charge < -0.3 is 20.5 Å². The number of aliphatic carboxylic acids is 1. The predicted molar refractivity (Wildman–Crippen MR) is 220 cm³/mol. The summed E-state index contributed by atoms with van der Waals surface area (Å²) in [6.07, 6.45) is -7.21. The molecule has 0 unspecified atom stereocenters. The van der Waals surface area contributed by atoms with Crippen LogP contribution in [0.2, 0.25) is 10.0 Å². The van der Waals surface area contributed by atoms with Crippen LogP contribution in [0.4, 0.5) is 40.3 Å². The largest absolute Gasteiger partial charge is 0.480 e. The Morgan fingerprint density at radius 1 is 0.769 bits per heavy atom. The topological polar surface area (TPSA) is 162 Å². The molecule has 6 atom stereocenters. The number of nitrogens with zero attached hydrogens (tertiary/aromatic N) is 2. The van der Waals surface area contributed by atoms with Crippen molar-refractivity contribution in [2.45, 2.75) is 133 Å². The lowest BCUT2D eigenvalue weighted by Crippen LogP contribution is -2.70. The van der Waals surface area contributed by atoms with E-state index in [0.29, 0.717) is 28.9 Å². The number of esters is 1. The number of carbonyl (C=O) groups excluding carboxylic acids is 5. The number of nitrogens with one attached hydrogen (secondary N) is 2. The number of ether oxygens (including phenoxy) is 1. The van der Waals surface area contributed by atoms with Crippen molar-refractivity contribution < 1.29 is 69.3 Å². The number of hydrogen-bond donors (Lipinski definition) is 3. The van der Waals surface area contributed by atoms with Crippen LogP contribution in [0.5, 0.6) is 0 Å². The van der Waals surface area contributed by atoms with Gasteiger partial charge in [-0.2, -0.15) is 26.3 Å². The van der Waals surface area contributed by atoms with E-state index >= 15 is 0 Å². The van der Waals surface area contributed by atoms with Gasteiger partial charge in [-0.25, -0.2) is 33.4 Å². The summed E-state index contributed by atoms with van der Waals surface area (Å²) in [6, 6.07) is -1.58. The zero-order valence-corrected chi connectivity index (χ0v) is 36.7. The Balaban J connectivity index is 1.07. The summed E-state index contributed by atoms with van der Waals surface area (Å²) >= 11 is 12.3. The number of urea groups is 2. The number of likely N-dealkylation sites (tertiary alicyclic amines) is 2. The Hall–Kier alpha value is -4.65. The van der Waals surface area contributed by atoms with E-state index in [1.807, 2.05) is 10.6 Å². The molecule has 0 spiro atoms. The number of β-lactam (4-membered cyclic amide) rings is 2. The molecule has 2 aliphatic heterocycles. The van der Waals surface area contributed by atoms with Crippen molar-refractivity contribution in [1.29, 1.82) is 0 Å². The van der Waals surface area contributed by atoms with E-state index in [9.17, 15) is 64.6 Å². The van der Waals surface area contributed by atoms with Crippen molar-refractivity contribution >= 4 is 59.0 Å². The number of imide groups is 2. The monoisotopic (exact) mass is 964 g/mol. The second-order valence-corrected chi connectivity index (χ2v) is 18.1. The molecule has 3 N–H and O–H groups in total. The maximum atomic E-state index is 14.5. The van der Waals surface area contributed by atoms with Crippen LogP contribution in [0.25, 0.3) is 0 Å². The fraction of sp³-hybridized carbons (Fsp3) is 0.591. The van der Waals surface area contributed by atoms with Gasteiger partial charge in [-0.1, -0.05) is 60.7 Å². The molecule has 356 valence electrons. The number of aryl methyl sites for hydroxylation is 2. The summed E-state index contributed by atoms with van der Waals surface area (Å²) in [4.78, 5) is 78.7. The Kier molecular flexibility index (Phi) is 15.7. The number of halogens is 9. The lowest BCUT2D eigenvalue weighted by atomic mass is 9.75. The summed E-state index contributed by atoms with van der Waals surface area (Å²) in [6.45, 7) is 1.38. The predicted octanol–water partition coefficient (Wildman–Crippen LogP) is 9.13. The molecule has 65 heavy (non-hydrogen) atoms. The highest BCUT2D eigenvalue weighted by atomic mass is 35.5. The summed E-state index contributed by atoms with van der Waals surface area (Å²) in [5, 5.41) is 13.8. The van der Waals surface area contributed by atoms with Crippen molar-refractivity contribution in [3.63, 3.8) is 0 Å². The Morgan fingerprint density at radius 2 is 1.31 bits per heavy atom. The van der Waals surface area contributed by atoms with E-state index in [4.69, 9.17) is 27.9 Å². The zero-order valence-electron chi connectivity index (χ0n) is 35.2. The van der Waals surface area contributed by atoms with Gasteiger partial charge in [-0.3, -0.25) is 9.59 Å². The second-order valence-electron chi connectivity index (χ2n) is 17.2. The molecular formula is C44H49Cl2F7N4O8. The molecule has 2 aromatic rings. The number of carboxylic acid groups (broad SMARTS) is 1. The molecule has 2 aliphatic carbocycles. The van der Waals surface area contributed by atoms with Crippen molar-refractivity contribution in [3.8, 4) is 0 Å². The van der Waals surface area contributed by atoms with Gasteiger partial charge in [0.15, 0.2) is 12.1 Å². The molecule has 2 saturated carbocycles. The summed E-state index contributed by atoms with van der Waals surface area (Å²) in [7, 11) is 0. The Morgan fingerprint density at radius 3 is 1.86 bits per heavy atom. The molecule has 2 saturated heterocycles. The summed E-state index contributed by atoms with van der Waals surface area (Å²) in [5.41, 5.74) is 1.36. The molecule has 0 radical (unpaired) electrons. The molecule has 6 amide bonds. The van der Waals surface area contributed by atoms with E-state index in [1.165, 1.54) is 25.1 Å². The normalized spacial score (nSPS) is 25.0. The molecule has 0 aromatic heterocycles. The maximum absolute atomic E-state index is 14.5. The minimum Gasteiger partial charge on any atom is -0.480 e. The van der Waals surface area contributed by atoms with Crippen LogP contribution in [0.1, 0.15) is 100 Å². The van der Waals surface area contributed by atoms with Crippen molar-refractivity contribution in [3.05, 3.63) is 69.0 Å². The third-order valence-electron chi connectivity index (χ3n) is 13.2. The number of hydrogen-bond acceptors (Lipinski definition) is 7. The number of carboxylic acids is 1. The lowest BCUT2D eigenvalue weighted by molar-refractivity contribution is -0.174. The van der Waals surface area contributed by atoms with E-state index in [1.54, 1.807) is 18.2 Å². The number of benzene rings is 2. The Labute approximate surface area is 379 Å². The first-order valence-corrected chi connectivity index (χ1v) is 22.4. The fourth-order valence-corrected chi connectivity index (χ4v) is 10.4. The standard InChI is InChI=1S/C44H49Cl2F7N4O8/c1-2-65-40(62)34-30(38(59)57(34)42(64)54-35(43(48,49)50)25-7-4-3-5-8-25)17-11-22-19-27(21-28(45)20-22)23-12-14-26(15-13-23)36(44(51,52)53)55-41(63)56-33(39(60)61)29(37(56)58)18-16-24-9-6-10-31(46)32(24)47/h6,9-10,19-21,23,25-26,29-30,33-36H,2-5,7-8,11-18H2,1H3,(H,54,64)(H,55,63)(H,60,61)/t23?,26?,29-,30-,33+,34+,35+,36+/m1/s1. The van der Waals surface area contributed by atoms with Crippen LogP contribution in [-0.4, -0.2) is 93.8 Å². The van der Waals surface area contributed by atoms with Crippen LogP contribution in [0, 0.1) is 29.5 Å². The fourth-order valence-electron chi connectivity index (χ4n) is 9.92. The van der Waals surface area contributed by atoms with Gasteiger partial charge in [0.05, 0.1) is 23.5 Å². The van der Waals surface area contributed by atoms with Gasteiger partial charge >= 0.3 is 36.4 Å². The van der Waals surface area contributed by atoms with Crippen LogP contribution >= 0.6 is 23.2 Å². The van der Waals surface area contributed by atoms with Gasteiger partial charge in [0, 0.05) is 5.02 Å². The first-order valence-electron chi connectivity index (χ1n) is 21.6. The van der Waals surface area contributed by atoms with Crippen molar-refractivity contribution in [1.82, 2.24) is 20.4 Å². The number of alkyl halides is 6. The van der Waals surface area contributed by atoms with Crippen molar-refractivity contribution in [2.24, 2.45) is 23.7 Å². The summed E-state index contributed by atoms with van der Waals surface area (Å²) in [5.74, 6) is -9.90. The zero-order chi connectivity index (χ0) is 47.5. The number of rotatable bonds is 14. The molecule has 2 heterocycles. The maximum Gasteiger partial charge on any atom is 0.408 e. The smallest absolute Gasteiger partial charge is 0.408 e. The second kappa shape index (κ2) is 20.5. The first kappa shape index (κ1) is 49.8. The lowest BCUT2D eigenvalue weighted by Gasteiger charge is -2.44. The van der Waals surface area contributed by atoms with Crippen molar-refractivity contribution in [2.75, 3.05) is 6.61 Å². The van der Waals surface area contributed by atoms with Crippen LogP contribution < -0.4 is 10.6 Å². The van der Waals surface area contributed by atoms with E-state index in [-0.39, 0.29) is 97.2 Å². The minimum absolute atomic E-state index is 0.0135. The molecule has 4 aliphatic rings. The van der Waals surface area contributed by atoms with Crippen LogP contribution in [0.3, 0.4) is 0 Å². The number of carbonyl (C=O) groups is 6. The van der Waals surface area contributed by atoms with Crippen LogP contribution in [-0.2, 0) is 36.8 Å². The third-order valence-corrected chi connectivity index (χ3v) is 13.7. The molecule has 2 aromatic carbocycles.